The van der Waals surface area contributed by atoms with Gasteiger partial charge in [0.2, 0.25) is 6.29 Å². The molecule has 0 spiro atoms. The second-order valence-electron chi connectivity index (χ2n) is 7.10. The summed E-state index contributed by atoms with van der Waals surface area (Å²) in [5.74, 6) is 0.342. The Balaban J connectivity index is 1.41. The number of carbonyl (C=O) groups is 1. The predicted octanol–water partition coefficient (Wildman–Crippen LogP) is 4.47. The van der Waals surface area contributed by atoms with Crippen LogP contribution in [0, 0.1) is 5.92 Å². The van der Waals surface area contributed by atoms with Gasteiger partial charge in [0.15, 0.2) is 0 Å². The smallest absolute Gasteiger partial charge is 0.308 e. The number of esters is 1. The number of ether oxygens (including phenoxy) is 2. The molecule has 0 aromatic heterocycles. The molecule has 2 aromatic rings. The molecule has 2 heterocycles. The molecule has 2 aliphatic rings. The Labute approximate surface area is 149 Å². The lowest BCUT2D eigenvalue weighted by atomic mass is 9.77. The Morgan fingerprint density at radius 3 is 2.40 bits per heavy atom. The Kier molecular flexibility index (Phi) is 4.84. The molecule has 0 bridgehead atoms. The van der Waals surface area contributed by atoms with Gasteiger partial charge in [-0.2, -0.15) is 0 Å². The Hall–Kier alpha value is -2.13. The van der Waals surface area contributed by atoms with Crippen molar-refractivity contribution in [2.75, 3.05) is 0 Å². The predicted molar refractivity (Wildman–Crippen MR) is 96.0 cm³/mol. The zero-order valence-electron chi connectivity index (χ0n) is 14.3. The van der Waals surface area contributed by atoms with Crippen molar-refractivity contribution in [2.24, 2.45) is 5.92 Å². The molecule has 0 unspecified atom stereocenters. The summed E-state index contributed by atoms with van der Waals surface area (Å²) in [6.45, 7) is 0. The van der Waals surface area contributed by atoms with Crippen LogP contribution in [0.1, 0.15) is 42.7 Å². The van der Waals surface area contributed by atoms with Crippen LogP contribution in [0.25, 0.3) is 0 Å². The first-order valence-corrected chi connectivity index (χ1v) is 9.23. The molecule has 25 heavy (non-hydrogen) atoms. The van der Waals surface area contributed by atoms with E-state index in [0.29, 0.717) is 6.42 Å². The zero-order chi connectivity index (χ0) is 17.1. The van der Waals surface area contributed by atoms with Crippen molar-refractivity contribution in [3.8, 4) is 0 Å². The van der Waals surface area contributed by atoms with E-state index >= 15 is 0 Å². The highest BCUT2D eigenvalue weighted by Crippen LogP contribution is 2.43. The monoisotopic (exact) mass is 336 g/mol. The minimum atomic E-state index is -0.388. The van der Waals surface area contributed by atoms with Gasteiger partial charge in [-0.05, 0) is 36.8 Å². The molecular formula is C22H24O3. The summed E-state index contributed by atoms with van der Waals surface area (Å²) < 4.78 is 11.8. The third-order valence-electron chi connectivity index (χ3n) is 5.47. The molecular weight excluding hydrogens is 312 g/mol. The highest BCUT2D eigenvalue weighted by Gasteiger charge is 2.43. The van der Waals surface area contributed by atoms with E-state index in [1.54, 1.807) is 0 Å². The third kappa shape index (κ3) is 3.77. The van der Waals surface area contributed by atoms with Crippen LogP contribution in [0.3, 0.4) is 0 Å². The van der Waals surface area contributed by atoms with E-state index in [0.717, 1.165) is 25.7 Å². The summed E-state index contributed by atoms with van der Waals surface area (Å²) >= 11 is 0. The van der Waals surface area contributed by atoms with Crippen LogP contribution in [-0.4, -0.2) is 18.4 Å². The lowest BCUT2D eigenvalue weighted by molar-refractivity contribution is -0.237. The summed E-state index contributed by atoms with van der Waals surface area (Å²) in [5.41, 5.74) is 2.55. The second kappa shape index (κ2) is 7.40. The summed E-state index contributed by atoms with van der Waals surface area (Å²) in [5, 5.41) is 0. The van der Waals surface area contributed by atoms with Gasteiger partial charge >= 0.3 is 5.97 Å². The molecule has 130 valence electrons. The molecule has 2 aromatic carbocycles. The van der Waals surface area contributed by atoms with E-state index in [2.05, 4.69) is 36.4 Å². The van der Waals surface area contributed by atoms with E-state index in [1.165, 1.54) is 11.1 Å². The fraction of sp³-hybridized carbons (Fsp3) is 0.409. The lowest BCUT2D eigenvalue weighted by Gasteiger charge is -2.43. The highest BCUT2D eigenvalue weighted by atomic mass is 16.7. The van der Waals surface area contributed by atoms with Gasteiger partial charge in [0.05, 0.1) is 12.5 Å². The number of carbonyl (C=O) groups excluding carboxylic acids is 1. The Bertz CT molecular complexity index is 698. The number of hydrogen-bond acceptors (Lipinski definition) is 3. The van der Waals surface area contributed by atoms with E-state index in [-0.39, 0.29) is 30.2 Å². The van der Waals surface area contributed by atoms with Gasteiger partial charge in [-0.25, -0.2) is 0 Å². The molecule has 0 amide bonds. The molecule has 4 rings (SSSR count). The van der Waals surface area contributed by atoms with Crippen LogP contribution in [0.15, 0.2) is 60.7 Å². The van der Waals surface area contributed by atoms with Crippen molar-refractivity contribution < 1.29 is 14.3 Å². The van der Waals surface area contributed by atoms with Crippen molar-refractivity contribution in [1.29, 1.82) is 0 Å². The summed E-state index contributed by atoms with van der Waals surface area (Å²) in [7, 11) is 0. The Morgan fingerprint density at radius 1 is 0.920 bits per heavy atom. The molecule has 2 fully saturated rings. The molecule has 2 saturated heterocycles. The van der Waals surface area contributed by atoms with E-state index in [9.17, 15) is 4.79 Å². The number of benzene rings is 2. The number of fused-ring (bicyclic) bond motifs is 1. The molecule has 3 heteroatoms. The standard InChI is InChI=1S/C22H24O3/c23-21-15-20(17-9-5-2-6-10-17)19-14-13-18(24-22(19)25-21)12-11-16-7-3-1-4-8-16/h1-10,18-20,22H,11-15H2/t18-,19+,20+,22-/m0/s1. The molecule has 0 radical (unpaired) electrons. The van der Waals surface area contributed by atoms with Crippen molar-refractivity contribution in [3.05, 3.63) is 71.8 Å². The summed E-state index contributed by atoms with van der Waals surface area (Å²) in [6, 6.07) is 20.8. The minimum Gasteiger partial charge on any atom is -0.435 e. The largest absolute Gasteiger partial charge is 0.435 e. The first-order valence-electron chi connectivity index (χ1n) is 9.23. The van der Waals surface area contributed by atoms with E-state index < -0.39 is 0 Å². The van der Waals surface area contributed by atoms with Gasteiger partial charge in [-0.1, -0.05) is 60.7 Å². The van der Waals surface area contributed by atoms with Gasteiger partial charge in [0, 0.05) is 11.8 Å². The first kappa shape index (κ1) is 16.3. The number of hydrogen-bond donors (Lipinski definition) is 0. The minimum absolute atomic E-state index is 0.140. The number of aryl methyl sites for hydroxylation is 1. The topological polar surface area (TPSA) is 35.5 Å². The maximum absolute atomic E-state index is 12.1. The Morgan fingerprint density at radius 2 is 1.64 bits per heavy atom. The van der Waals surface area contributed by atoms with Crippen LogP contribution in [-0.2, 0) is 20.7 Å². The molecule has 0 N–H and O–H groups in total. The quantitative estimate of drug-likeness (QED) is 0.773. The third-order valence-corrected chi connectivity index (χ3v) is 5.47. The fourth-order valence-corrected chi connectivity index (χ4v) is 4.14. The van der Waals surface area contributed by atoms with Crippen LogP contribution in [0.2, 0.25) is 0 Å². The van der Waals surface area contributed by atoms with Crippen molar-refractivity contribution in [2.45, 2.75) is 50.4 Å². The molecule has 3 nitrogen and oxygen atoms in total. The second-order valence-corrected chi connectivity index (χ2v) is 7.10. The number of rotatable bonds is 4. The van der Waals surface area contributed by atoms with Gasteiger partial charge in [0.1, 0.15) is 0 Å². The first-order chi connectivity index (χ1) is 12.3. The van der Waals surface area contributed by atoms with Crippen LogP contribution in [0.5, 0.6) is 0 Å². The van der Waals surface area contributed by atoms with Crippen molar-refractivity contribution >= 4 is 5.97 Å². The summed E-state index contributed by atoms with van der Waals surface area (Å²) in [6.07, 6.45) is 4.30. The van der Waals surface area contributed by atoms with E-state index in [1.807, 2.05) is 24.3 Å². The highest BCUT2D eigenvalue weighted by molar-refractivity contribution is 5.71. The van der Waals surface area contributed by atoms with Gasteiger partial charge in [-0.15, -0.1) is 0 Å². The van der Waals surface area contributed by atoms with Crippen molar-refractivity contribution in [3.63, 3.8) is 0 Å². The average Bonchev–Trinajstić information content (AvgIpc) is 2.67. The zero-order valence-corrected chi connectivity index (χ0v) is 14.3. The molecule has 0 saturated carbocycles. The van der Waals surface area contributed by atoms with Gasteiger partial charge in [0.25, 0.3) is 0 Å². The SMILES string of the molecule is O=C1C[C@H](c2ccccc2)[C@H]2CC[C@H](CCc3ccccc3)O[C@H]2O1. The summed E-state index contributed by atoms with van der Waals surface area (Å²) in [4.78, 5) is 12.1. The molecule has 4 atom stereocenters. The normalized spacial score (nSPS) is 28.9. The van der Waals surface area contributed by atoms with Crippen molar-refractivity contribution in [1.82, 2.24) is 0 Å². The molecule has 2 aliphatic heterocycles. The maximum atomic E-state index is 12.1. The van der Waals surface area contributed by atoms with Crippen LogP contribution in [0.4, 0.5) is 0 Å². The van der Waals surface area contributed by atoms with Gasteiger partial charge in [-0.3, -0.25) is 4.79 Å². The van der Waals surface area contributed by atoms with E-state index in [4.69, 9.17) is 9.47 Å². The maximum Gasteiger partial charge on any atom is 0.308 e. The average molecular weight is 336 g/mol. The van der Waals surface area contributed by atoms with Gasteiger partial charge < -0.3 is 9.47 Å². The van der Waals surface area contributed by atoms with Crippen LogP contribution >= 0.6 is 0 Å². The lowest BCUT2D eigenvalue weighted by Crippen LogP contribution is -2.45. The molecule has 0 aliphatic carbocycles. The fourth-order valence-electron chi connectivity index (χ4n) is 4.14. The van der Waals surface area contributed by atoms with Crippen LogP contribution < -0.4 is 0 Å².